The van der Waals surface area contributed by atoms with Gasteiger partial charge in [0.05, 0.1) is 27.8 Å². The lowest BCUT2D eigenvalue weighted by Crippen LogP contribution is -2.15. The van der Waals surface area contributed by atoms with Crippen LogP contribution in [-0.4, -0.2) is 14.5 Å². The Kier molecular flexibility index (Phi) is 6.65. The second kappa shape index (κ2) is 11.8. The molecule has 1 aliphatic rings. The second-order valence-electron chi connectivity index (χ2n) is 15.7. The Morgan fingerprint density at radius 1 is 0.509 bits per heavy atom. The number of nitrogens with zero attached hydrogens (tertiary/aromatic N) is 3. The van der Waals surface area contributed by atoms with E-state index in [-0.39, 0.29) is 5.41 Å². The highest BCUT2D eigenvalue weighted by Crippen LogP contribution is 2.53. The molecule has 4 heterocycles. The van der Waals surface area contributed by atoms with E-state index in [0.29, 0.717) is 0 Å². The van der Waals surface area contributed by atoms with Crippen LogP contribution in [0.25, 0.3) is 105 Å². The molecule has 0 aliphatic heterocycles. The van der Waals surface area contributed by atoms with E-state index >= 15 is 0 Å². The molecule has 1 aliphatic carbocycles. The molecule has 4 nitrogen and oxygen atoms in total. The standard InChI is InChI=1S/C53H35N3O/c1-53(2)42-19-10-18-38(45-31-41(52-44(55-45)20-12-28-54-52)36-17-11-23-49-51(36)39-16-7-9-22-48(39)57-49)50(42)37-26-24-33(30-43(37)53)32-25-27-47-40(29-32)35-15-6-8-21-46(35)56(47)34-13-4-3-5-14-34/h3-31H,1-2H3. The van der Waals surface area contributed by atoms with Gasteiger partial charge in [0.25, 0.3) is 0 Å². The molecule has 0 fully saturated rings. The monoisotopic (exact) mass is 729 g/mol. The Balaban J connectivity index is 1.03. The maximum absolute atomic E-state index is 6.33. The van der Waals surface area contributed by atoms with Gasteiger partial charge in [-0.15, -0.1) is 0 Å². The minimum absolute atomic E-state index is 0.216. The van der Waals surface area contributed by atoms with Crippen molar-refractivity contribution in [3.63, 3.8) is 0 Å². The Morgan fingerprint density at radius 2 is 1.25 bits per heavy atom. The third-order valence-electron chi connectivity index (χ3n) is 12.3. The van der Waals surface area contributed by atoms with Crippen molar-refractivity contribution in [2.24, 2.45) is 0 Å². The summed E-state index contributed by atoms with van der Waals surface area (Å²) < 4.78 is 8.70. The van der Waals surface area contributed by atoms with Crippen LogP contribution in [0.2, 0.25) is 0 Å². The van der Waals surface area contributed by atoms with E-state index in [0.717, 1.165) is 55.4 Å². The van der Waals surface area contributed by atoms with Crippen molar-refractivity contribution in [2.75, 3.05) is 0 Å². The number of rotatable bonds is 4. The molecule has 268 valence electrons. The lowest BCUT2D eigenvalue weighted by atomic mass is 9.81. The molecule has 0 radical (unpaired) electrons. The van der Waals surface area contributed by atoms with Gasteiger partial charge in [-0.25, -0.2) is 4.98 Å². The van der Waals surface area contributed by atoms with Crippen LogP contribution in [0.5, 0.6) is 0 Å². The molecule has 4 heteroatoms. The van der Waals surface area contributed by atoms with Crippen molar-refractivity contribution in [3.05, 3.63) is 187 Å². The normalized spacial score (nSPS) is 13.2. The van der Waals surface area contributed by atoms with Crippen molar-refractivity contribution in [2.45, 2.75) is 19.3 Å². The van der Waals surface area contributed by atoms with Gasteiger partial charge in [-0.2, -0.15) is 0 Å². The number of hydrogen-bond donors (Lipinski definition) is 0. The van der Waals surface area contributed by atoms with E-state index in [1.807, 2.05) is 24.4 Å². The molecule has 0 spiro atoms. The minimum Gasteiger partial charge on any atom is -0.456 e. The summed E-state index contributed by atoms with van der Waals surface area (Å²) in [5.41, 5.74) is 18.6. The smallest absolute Gasteiger partial charge is 0.136 e. The molecule has 0 unspecified atom stereocenters. The molecule has 12 rings (SSSR count). The Morgan fingerprint density at radius 3 is 2.16 bits per heavy atom. The van der Waals surface area contributed by atoms with Gasteiger partial charge in [0, 0.05) is 50.0 Å². The number of benzene rings is 7. The third kappa shape index (κ3) is 4.62. The molecular formula is C53H35N3O. The molecule has 0 saturated heterocycles. The highest BCUT2D eigenvalue weighted by atomic mass is 16.3. The van der Waals surface area contributed by atoms with Gasteiger partial charge in [-0.05, 0) is 106 Å². The molecule has 11 aromatic rings. The van der Waals surface area contributed by atoms with E-state index in [2.05, 4.69) is 170 Å². The first kappa shape index (κ1) is 32.0. The number of hydrogen-bond acceptors (Lipinski definition) is 3. The number of aromatic nitrogens is 3. The maximum atomic E-state index is 6.33. The maximum Gasteiger partial charge on any atom is 0.136 e. The summed E-state index contributed by atoms with van der Waals surface area (Å²) in [6.07, 6.45) is 1.86. The first-order valence-electron chi connectivity index (χ1n) is 19.6. The summed E-state index contributed by atoms with van der Waals surface area (Å²) in [5, 5.41) is 4.70. The van der Waals surface area contributed by atoms with Crippen molar-refractivity contribution < 1.29 is 4.42 Å². The highest BCUT2D eigenvalue weighted by Gasteiger charge is 2.37. The lowest BCUT2D eigenvalue weighted by molar-refractivity contribution is 0.660. The van der Waals surface area contributed by atoms with E-state index in [4.69, 9.17) is 14.4 Å². The molecule has 0 saturated carbocycles. The largest absolute Gasteiger partial charge is 0.456 e. The molecule has 0 N–H and O–H groups in total. The summed E-state index contributed by atoms with van der Waals surface area (Å²) in [6, 6.07) is 61.0. The van der Waals surface area contributed by atoms with Crippen molar-refractivity contribution in [1.82, 2.24) is 14.5 Å². The van der Waals surface area contributed by atoms with E-state index in [9.17, 15) is 0 Å². The highest BCUT2D eigenvalue weighted by molar-refractivity contribution is 6.15. The van der Waals surface area contributed by atoms with Gasteiger partial charge in [0.15, 0.2) is 0 Å². The van der Waals surface area contributed by atoms with Crippen LogP contribution in [0, 0.1) is 0 Å². The number of furan rings is 1. The van der Waals surface area contributed by atoms with Gasteiger partial charge in [0.2, 0.25) is 0 Å². The Labute approximate surface area is 329 Å². The summed E-state index contributed by atoms with van der Waals surface area (Å²) in [5.74, 6) is 0. The summed E-state index contributed by atoms with van der Waals surface area (Å²) in [4.78, 5) is 10.2. The van der Waals surface area contributed by atoms with Crippen LogP contribution in [0.4, 0.5) is 0 Å². The summed E-state index contributed by atoms with van der Waals surface area (Å²) in [6.45, 7) is 4.71. The molecule has 0 amide bonds. The molecule has 4 aromatic heterocycles. The van der Waals surface area contributed by atoms with Gasteiger partial charge in [-0.3, -0.25) is 4.98 Å². The van der Waals surface area contributed by atoms with E-state index in [1.54, 1.807) is 0 Å². The number of pyridine rings is 2. The predicted octanol–water partition coefficient (Wildman–Crippen LogP) is 13.9. The first-order chi connectivity index (χ1) is 28.0. The minimum atomic E-state index is -0.216. The van der Waals surface area contributed by atoms with Crippen LogP contribution < -0.4 is 0 Å². The fourth-order valence-corrected chi connectivity index (χ4v) is 9.59. The van der Waals surface area contributed by atoms with E-state index in [1.165, 1.54) is 60.9 Å². The fraction of sp³-hybridized carbons (Fsp3) is 0.0566. The van der Waals surface area contributed by atoms with Crippen molar-refractivity contribution in [3.8, 4) is 50.3 Å². The van der Waals surface area contributed by atoms with Gasteiger partial charge >= 0.3 is 0 Å². The van der Waals surface area contributed by atoms with Crippen LogP contribution in [0.15, 0.2) is 180 Å². The summed E-state index contributed by atoms with van der Waals surface area (Å²) in [7, 11) is 0. The second-order valence-corrected chi connectivity index (χ2v) is 15.7. The number of fused-ring (bicyclic) bond motifs is 10. The fourth-order valence-electron chi connectivity index (χ4n) is 9.59. The quantitative estimate of drug-likeness (QED) is 0.181. The van der Waals surface area contributed by atoms with Gasteiger partial charge in [0.1, 0.15) is 11.2 Å². The summed E-state index contributed by atoms with van der Waals surface area (Å²) >= 11 is 0. The Bertz CT molecular complexity index is 3440. The lowest BCUT2D eigenvalue weighted by Gasteiger charge is -2.22. The van der Waals surface area contributed by atoms with Crippen LogP contribution >= 0.6 is 0 Å². The average Bonchev–Trinajstić information content (AvgIpc) is 3.88. The van der Waals surface area contributed by atoms with Gasteiger partial charge < -0.3 is 8.98 Å². The van der Waals surface area contributed by atoms with Crippen molar-refractivity contribution in [1.29, 1.82) is 0 Å². The molecule has 57 heavy (non-hydrogen) atoms. The molecule has 0 atom stereocenters. The van der Waals surface area contributed by atoms with Crippen LogP contribution in [0.1, 0.15) is 25.0 Å². The predicted molar refractivity (Wildman–Crippen MR) is 235 cm³/mol. The zero-order valence-corrected chi connectivity index (χ0v) is 31.5. The topological polar surface area (TPSA) is 43.9 Å². The third-order valence-corrected chi connectivity index (χ3v) is 12.3. The number of para-hydroxylation sites is 3. The van der Waals surface area contributed by atoms with Gasteiger partial charge in [-0.1, -0.05) is 117 Å². The SMILES string of the molecule is CC1(C)c2cc(-c3ccc4c(c3)c3ccccc3n4-c3ccccc3)ccc2-c2c(-c3cc(-c4cccc5oc6ccccc6c45)c4ncccc4n3)cccc21. The zero-order valence-electron chi connectivity index (χ0n) is 31.5. The average molecular weight is 730 g/mol. The first-order valence-corrected chi connectivity index (χ1v) is 19.6. The Hall–Kier alpha value is -7.30. The molecular weight excluding hydrogens is 695 g/mol. The van der Waals surface area contributed by atoms with E-state index < -0.39 is 0 Å². The molecule has 7 aromatic carbocycles. The zero-order chi connectivity index (χ0) is 37.8. The van der Waals surface area contributed by atoms with Crippen molar-refractivity contribution >= 4 is 54.8 Å². The van der Waals surface area contributed by atoms with Crippen LogP contribution in [-0.2, 0) is 5.41 Å². The molecule has 0 bridgehead atoms. The van der Waals surface area contributed by atoms with Crippen LogP contribution in [0.3, 0.4) is 0 Å².